The third-order valence-corrected chi connectivity index (χ3v) is 6.54. The summed E-state index contributed by atoms with van der Waals surface area (Å²) in [6, 6.07) is 7.60. The van der Waals surface area contributed by atoms with Crippen molar-refractivity contribution < 1.29 is 28.0 Å². The first-order chi connectivity index (χ1) is 14.4. The van der Waals surface area contributed by atoms with Gasteiger partial charge in [-0.2, -0.15) is 0 Å². The smallest absolute Gasteiger partial charge is 0.386 e. The second kappa shape index (κ2) is 7.38. The molecule has 2 saturated heterocycles. The number of hydrogen-bond acceptors (Lipinski definition) is 10. The third-order valence-electron chi connectivity index (χ3n) is 5.13. The normalized spacial score (nSPS) is 31.1. The maximum absolute atomic E-state index is 12.9. The lowest BCUT2D eigenvalue weighted by molar-refractivity contribution is -0.0714. The number of nitrogens with two attached hydrogens (primary N) is 1. The number of aliphatic hydroxyl groups is 1. The third kappa shape index (κ3) is 3.39. The van der Waals surface area contributed by atoms with Crippen LogP contribution in [0.3, 0.4) is 0 Å². The highest BCUT2D eigenvalue weighted by Gasteiger charge is 2.53. The molecule has 0 bridgehead atoms. The molecule has 2 fully saturated rings. The van der Waals surface area contributed by atoms with Crippen molar-refractivity contribution in [1.29, 1.82) is 0 Å². The van der Waals surface area contributed by atoms with Crippen LogP contribution in [0.4, 0.5) is 5.82 Å². The number of aromatic nitrogens is 4. The van der Waals surface area contributed by atoms with Gasteiger partial charge in [-0.3, -0.25) is 18.1 Å². The molecule has 5 atom stereocenters. The van der Waals surface area contributed by atoms with Crippen LogP contribution in [0.25, 0.3) is 11.2 Å². The predicted octanol–water partition coefficient (Wildman–Crippen LogP) is 1.72. The molecule has 0 saturated carbocycles. The Morgan fingerprint density at radius 3 is 2.90 bits per heavy atom. The Kier molecular flexibility index (Phi) is 4.81. The molecule has 4 heterocycles. The van der Waals surface area contributed by atoms with Crippen LogP contribution in [0.1, 0.15) is 17.4 Å². The minimum Gasteiger partial charge on any atom is -0.386 e. The molecule has 0 unspecified atom stereocenters. The number of aryl methyl sites for hydroxylation is 1. The zero-order chi connectivity index (χ0) is 20.9. The molecule has 30 heavy (non-hydrogen) atoms. The average molecular weight is 433 g/mol. The number of rotatable bonds is 4. The van der Waals surface area contributed by atoms with Crippen molar-refractivity contribution in [3.05, 3.63) is 48.0 Å². The number of hydrogen-bond donors (Lipinski definition) is 2. The Labute approximate surface area is 171 Å². The van der Waals surface area contributed by atoms with Gasteiger partial charge in [-0.25, -0.2) is 19.5 Å². The van der Waals surface area contributed by atoms with E-state index in [2.05, 4.69) is 15.0 Å². The van der Waals surface area contributed by atoms with Crippen LogP contribution in [-0.2, 0) is 29.5 Å². The second-order valence-corrected chi connectivity index (χ2v) is 8.83. The first-order valence-electron chi connectivity index (χ1n) is 9.33. The summed E-state index contributed by atoms with van der Waals surface area (Å²) in [4.78, 5) is 12.2. The van der Waals surface area contributed by atoms with Gasteiger partial charge < -0.3 is 15.6 Å². The summed E-state index contributed by atoms with van der Waals surface area (Å²) in [5.41, 5.74) is 8.55. The molecule has 0 amide bonds. The van der Waals surface area contributed by atoms with Crippen molar-refractivity contribution in [3.63, 3.8) is 0 Å². The van der Waals surface area contributed by atoms with Gasteiger partial charge in [0, 0.05) is 0 Å². The fourth-order valence-corrected chi connectivity index (χ4v) is 4.91. The molecule has 0 spiro atoms. The average Bonchev–Trinajstić information content (AvgIpc) is 3.30. The zero-order valence-corrected chi connectivity index (χ0v) is 16.9. The molecule has 3 N–H and O–H groups in total. The number of aliphatic hydroxyl groups excluding tert-OH is 1. The summed E-state index contributed by atoms with van der Waals surface area (Å²) in [5, 5.41) is 10.8. The molecule has 0 radical (unpaired) electrons. The molecular weight excluding hydrogens is 413 g/mol. The van der Waals surface area contributed by atoms with E-state index in [1.807, 2.05) is 31.2 Å². The lowest BCUT2D eigenvalue weighted by Crippen LogP contribution is -2.39. The minimum absolute atomic E-state index is 0.0485. The number of phosphoric ester groups is 1. The summed E-state index contributed by atoms with van der Waals surface area (Å²) in [6.07, 6.45) is -0.794. The predicted molar refractivity (Wildman–Crippen MR) is 104 cm³/mol. The van der Waals surface area contributed by atoms with Crippen LogP contribution < -0.4 is 5.73 Å². The molecule has 2 aliphatic heterocycles. The number of imidazole rings is 1. The summed E-state index contributed by atoms with van der Waals surface area (Å²) in [5.74, 6) is 0.220. The number of ether oxygens (including phenoxy) is 1. The molecule has 12 heteroatoms. The van der Waals surface area contributed by atoms with Crippen molar-refractivity contribution in [2.24, 2.45) is 0 Å². The molecule has 5 rings (SSSR count). The van der Waals surface area contributed by atoms with Crippen molar-refractivity contribution in [2.75, 3.05) is 12.3 Å². The fourth-order valence-electron chi connectivity index (χ4n) is 3.52. The molecule has 3 aromatic rings. The van der Waals surface area contributed by atoms with Gasteiger partial charge in [-0.05, 0) is 12.5 Å². The Morgan fingerprint density at radius 1 is 1.30 bits per heavy atom. The minimum atomic E-state index is -3.87. The van der Waals surface area contributed by atoms with Crippen LogP contribution in [0, 0.1) is 6.92 Å². The molecule has 2 aromatic heterocycles. The highest BCUT2D eigenvalue weighted by atomic mass is 31.2. The van der Waals surface area contributed by atoms with E-state index in [1.165, 1.54) is 17.2 Å². The number of benzene rings is 1. The maximum Gasteiger partial charge on any atom is 0.475 e. The van der Waals surface area contributed by atoms with E-state index in [9.17, 15) is 9.67 Å². The highest BCUT2D eigenvalue weighted by Crippen LogP contribution is 2.57. The van der Waals surface area contributed by atoms with E-state index in [-0.39, 0.29) is 19.0 Å². The summed E-state index contributed by atoms with van der Waals surface area (Å²) in [7, 11) is -3.87. The zero-order valence-electron chi connectivity index (χ0n) is 16.0. The van der Waals surface area contributed by atoms with E-state index < -0.39 is 32.4 Å². The number of nitrogen functional groups attached to an aromatic ring is 1. The SMILES string of the molecule is Cc1ccc(CO[P@@]2(=O)OC[C@H]3O[C@@H](n4cnc5c(N)ncnc54)[C@H](O)[C@@H]3O2)cc1. The second-order valence-electron chi connectivity index (χ2n) is 7.21. The summed E-state index contributed by atoms with van der Waals surface area (Å²) in [6.45, 7) is 1.98. The van der Waals surface area contributed by atoms with Gasteiger partial charge in [-0.1, -0.05) is 29.8 Å². The van der Waals surface area contributed by atoms with E-state index in [0.29, 0.717) is 11.2 Å². The van der Waals surface area contributed by atoms with Crippen LogP contribution in [0.15, 0.2) is 36.9 Å². The Hall–Kier alpha value is -2.40. The lowest BCUT2D eigenvalue weighted by atomic mass is 10.1. The Balaban J connectivity index is 1.32. The summed E-state index contributed by atoms with van der Waals surface area (Å²) >= 11 is 0. The van der Waals surface area contributed by atoms with Gasteiger partial charge in [0.05, 0.1) is 19.5 Å². The van der Waals surface area contributed by atoms with Crippen LogP contribution in [-0.4, -0.2) is 49.5 Å². The van der Waals surface area contributed by atoms with Crippen molar-refractivity contribution in [1.82, 2.24) is 19.5 Å². The van der Waals surface area contributed by atoms with Crippen molar-refractivity contribution in [2.45, 2.75) is 38.1 Å². The van der Waals surface area contributed by atoms with Gasteiger partial charge in [0.1, 0.15) is 30.2 Å². The number of phosphoric acid groups is 1. The van der Waals surface area contributed by atoms with Crippen molar-refractivity contribution in [3.8, 4) is 0 Å². The number of fused-ring (bicyclic) bond motifs is 2. The standard InChI is InChI=1S/C18H20N5O6P/c1-10-2-4-11(5-3-10)6-26-30(25)27-7-12-15(29-30)14(24)18(28-12)23-9-22-13-16(19)20-8-21-17(13)23/h2-5,8-9,12,14-15,18,24H,6-7H2,1H3,(H2,19,20,21)/t12-,14-,15-,18-,30+/m1/s1. The van der Waals surface area contributed by atoms with E-state index in [1.54, 1.807) is 0 Å². The molecular formula is C18H20N5O6P. The van der Waals surface area contributed by atoms with E-state index in [0.717, 1.165) is 11.1 Å². The molecule has 2 aliphatic rings. The molecule has 11 nitrogen and oxygen atoms in total. The van der Waals surface area contributed by atoms with Gasteiger partial charge >= 0.3 is 7.82 Å². The highest BCUT2D eigenvalue weighted by molar-refractivity contribution is 7.48. The first kappa shape index (κ1) is 19.6. The molecule has 1 aromatic carbocycles. The van der Waals surface area contributed by atoms with Gasteiger partial charge in [0.25, 0.3) is 0 Å². The van der Waals surface area contributed by atoms with Crippen molar-refractivity contribution >= 4 is 24.8 Å². The van der Waals surface area contributed by atoms with Gasteiger partial charge in [0.15, 0.2) is 17.7 Å². The number of anilines is 1. The monoisotopic (exact) mass is 433 g/mol. The van der Waals surface area contributed by atoms with Crippen LogP contribution >= 0.6 is 7.82 Å². The van der Waals surface area contributed by atoms with Gasteiger partial charge in [0.2, 0.25) is 0 Å². The van der Waals surface area contributed by atoms with E-state index >= 15 is 0 Å². The molecule has 158 valence electrons. The maximum atomic E-state index is 12.9. The van der Waals surface area contributed by atoms with Crippen LogP contribution in [0.2, 0.25) is 0 Å². The van der Waals surface area contributed by atoms with E-state index in [4.69, 9.17) is 24.0 Å². The Morgan fingerprint density at radius 2 is 2.10 bits per heavy atom. The lowest BCUT2D eigenvalue weighted by Gasteiger charge is -2.30. The first-order valence-corrected chi connectivity index (χ1v) is 10.8. The topological polar surface area (TPSA) is 144 Å². The fraction of sp³-hybridized carbons (Fsp3) is 0.389. The van der Waals surface area contributed by atoms with Crippen LogP contribution in [0.5, 0.6) is 0 Å². The molecule has 0 aliphatic carbocycles. The summed E-state index contributed by atoms with van der Waals surface area (Å²) < 4.78 is 36.7. The largest absolute Gasteiger partial charge is 0.475 e. The Bertz CT molecular complexity index is 1120. The quantitative estimate of drug-likeness (QED) is 0.584. The van der Waals surface area contributed by atoms with Gasteiger partial charge in [-0.15, -0.1) is 0 Å². The number of nitrogens with zero attached hydrogens (tertiary/aromatic N) is 4.